The first-order valence-corrected chi connectivity index (χ1v) is 12.0. The lowest BCUT2D eigenvalue weighted by atomic mass is 9.86. The fourth-order valence-electron chi connectivity index (χ4n) is 4.27. The Kier molecular flexibility index (Phi) is 6.73. The molecular formula is C24H25N3O5S. The summed E-state index contributed by atoms with van der Waals surface area (Å²) in [6.45, 7) is 0.154. The number of rotatable bonds is 6. The molecule has 2 atom stereocenters. The molecule has 0 aliphatic carbocycles. The minimum absolute atomic E-state index is 0.0469. The van der Waals surface area contributed by atoms with Crippen molar-refractivity contribution < 1.29 is 23.2 Å². The Balaban J connectivity index is 1.73. The molecule has 2 heterocycles. The monoisotopic (exact) mass is 467 g/mol. The summed E-state index contributed by atoms with van der Waals surface area (Å²) in [7, 11) is -2.52. The van der Waals surface area contributed by atoms with Crippen LogP contribution in [0.4, 0.5) is 0 Å². The molecule has 1 aliphatic rings. The van der Waals surface area contributed by atoms with Gasteiger partial charge in [-0.15, -0.1) is 0 Å². The van der Waals surface area contributed by atoms with Crippen LogP contribution in [-0.4, -0.2) is 48.5 Å². The summed E-state index contributed by atoms with van der Waals surface area (Å²) < 4.78 is 33.2. The molecule has 0 saturated carbocycles. The molecule has 1 amide bonds. The quantitative estimate of drug-likeness (QED) is 0.426. The zero-order valence-corrected chi connectivity index (χ0v) is 18.9. The molecule has 2 N–H and O–H groups in total. The van der Waals surface area contributed by atoms with Crippen molar-refractivity contribution in [1.82, 2.24) is 14.8 Å². The third kappa shape index (κ3) is 4.61. The molecule has 3 aromatic rings. The van der Waals surface area contributed by atoms with E-state index in [1.165, 1.54) is 19.2 Å². The normalized spacial score (nSPS) is 19.1. The molecule has 8 nitrogen and oxygen atoms in total. The molecule has 172 valence electrons. The molecule has 0 spiro atoms. The fraction of sp³-hybridized carbons (Fsp3) is 0.250. The molecule has 9 heteroatoms. The lowest BCUT2D eigenvalue weighted by Crippen LogP contribution is -2.54. The van der Waals surface area contributed by atoms with E-state index >= 15 is 0 Å². The second-order valence-electron chi connectivity index (χ2n) is 7.80. The Morgan fingerprint density at radius 1 is 1.09 bits per heavy atom. The van der Waals surface area contributed by atoms with E-state index in [0.717, 1.165) is 15.4 Å². The number of amides is 1. The summed E-state index contributed by atoms with van der Waals surface area (Å²) >= 11 is 0. The number of nitrogens with one attached hydrogen (secondary N) is 1. The highest BCUT2D eigenvalue weighted by Gasteiger charge is 2.44. The van der Waals surface area contributed by atoms with Crippen molar-refractivity contribution in [2.45, 2.75) is 29.7 Å². The first-order chi connectivity index (χ1) is 16.0. The van der Waals surface area contributed by atoms with Crippen LogP contribution >= 0.6 is 0 Å². The highest BCUT2D eigenvalue weighted by atomic mass is 32.2. The number of benzene rings is 2. The van der Waals surface area contributed by atoms with Gasteiger partial charge in [-0.2, -0.15) is 4.31 Å². The van der Waals surface area contributed by atoms with Crippen molar-refractivity contribution in [2.24, 2.45) is 0 Å². The molecule has 1 fully saturated rings. The van der Waals surface area contributed by atoms with E-state index in [4.69, 9.17) is 4.74 Å². The van der Waals surface area contributed by atoms with E-state index < -0.39 is 27.9 Å². The fourth-order valence-corrected chi connectivity index (χ4v) is 5.93. The van der Waals surface area contributed by atoms with Gasteiger partial charge in [0.05, 0.1) is 12.0 Å². The van der Waals surface area contributed by atoms with Gasteiger partial charge in [0.25, 0.3) is 5.91 Å². The zero-order chi connectivity index (χ0) is 23.4. The van der Waals surface area contributed by atoms with Crippen LogP contribution < -0.4 is 10.2 Å². The third-order valence-corrected chi connectivity index (χ3v) is 7.79. The van der Waals surface area contributed by atoms with Gasteiger partial charge in [0, 0.05) is 24.4 Å². The number of hydroxylamine groups is 1. The molecule has 0 unspecified atom stereocenters. The summed E-state index contributed by atoms with van der Waals surface area (Å²) in [5.41, 5.74) is 4.16. The maximum absolute atomic E-state index is 13.5. The predicted molar refractivity (Wildman–Crippen MR) is 122 cm³/mol. The molecule has 33 heavy (non-hydrogen) atoms. The van der Waals surface area contributed by atoms with Crippen LogP contribution in [0.3, 0.4) is 0 Å². The van der Waals surface area contributed by atoms with Crippen LogP contribution in [0.2, 0.25) is 0 Å². The topological polar surface area (TPSA) is 109 Å². The molecule has 4 rings (SSSR count). The van der Waals surface area contributed by atoms with E-state index in [1.807, 2.05) is 42.5 Å². The first-order valence-electron chi connectivity index (χ1n) is 10.6. The lowest BCUT2D eigenvalue weighted by molar-refractivity contribution is -0.134. The number of hydrogen-bond donors (Lipinski definition) is 2. The van der Waals surface area contributed by atoms with Crippen molar-refractivity contribution in [3.63, 3.8) is 0 Å². The van der Waals surface area contributed by atoms with Crippen LogP contribution in [0, 0.1) is 0 Å². The number of hydrogen-bond acceptors (Lipinski definition) is 6. The smallest absolute Gasteiger partial charge is 0.262 e. The second kappa shape index (κ2) is 9.70. The minimum Gasteiger partial charge on any atom is -0.497 e. The first kappa shape index (κ1) is 22.9. The molecule has 0 radical (unpaired) electrons. The Hall–Kier alpha value is -3.27. The van der Waals surface area contributed by atoms with Gasteiger partial charge in [-0.3, -0.25) is 15.0 Å². The number of nitrogens with zero attached hydrogens (tertiary/aromatic N) is 2. The molecule has 1 saturated heterocycles. The van der Waals surface area contributed by atoms with Gasteiger partial charge in [0.2, 0.25) is 10.0 Å². The van der Waals surface area contributed by atoms with E-state index in [1.54, 1.807) is 23.8 Å². The van der Waals surface area contributed by atoms with Crippen molar-refractivity contribution in [3.8, 4) is 16.9 Å². The largest absolute Gasteiger partial charge is 0.497 e. The standard InChI is InChI=1S/C24H25N3O5S/c1-32-19-9-11-20(12-10-19)33(30,31)27-15-5-8-21(23(27)24(28)26-29)22-16-18(13-14-25-22)17-6-3-2-4-7-17/h2-4,6-7,9-14,16,21,23,29H,5,8,15H2,1H3,(H,26,28)/t21-,23-/m1/s1. The molecule has 0 bridgehead atoms. The average molecular weight is 468 g/mol. The minimum atomic E-state index is -4.02. The number of pyridine rings is 1. The summed E-state index contributed by atoms with van der Waals surface area (Å²) in [6.07, 6.45) is 2.76. The molecule has 2 aromatic carbocycles. The summed E-state index contributed by atoms with van der Waals surface area (Å²) in [5.74, 6) is -0.789. The Morgan fingerprint density at radius 2 is 1.82 bits per heavy atom. The summed E-state index contributed by atoms with van der Waals surface area (Å²) in [4.78, 5) is 17.3. The Morgan fingerprint density at radius 3 is 2.48 bits per heavy atom. The highest BCUT2D eigenvalue weighted by Crippen LogP contribution is 2.36. The molecule has 1 aromatic heterocycles. The number of ether oxygens (including phenoxy) is 1. The van der Waals surface area contributed by atoms with Crippen LogP contribution in [0.25, 0.3) is 11.1 Å². The Bertz CT molecular complexity index is 1220. The van der Waals surface area contributed by atoms with Crippen LogP contribution in [-0.2, 0) is 14.8 Å². The lowest BCUT2D eigenvalue weighted by Gasteiger charge is -2.38. The summed E-state index contributed by atoms with van der Waals surface area (Å²) in [5, 5.41) is 9.45. The molecule has 1 aliphatic heterocycles. The van der Waals surface area contributed by atoms with Crippen molar-refractivity contribution in [1.29, 1.82) is 0 Å². The van der Waals surface area contributed by atoms with Gasteiger partial charge >= 0.3 is 0 Å². The van der Waals surface area contributed by atoms with Gasteiger partial charge in [-0.1, -0.05) is 30.3 Å². The maximum Gasteiger partial charge on any atom is 0.262 e. The molecular weight excluding hydrogens is 442 g/mol. The van der Waals surface area contributed by atoms with Gasteiger partial charge < -0.3 is 4.74 Å². The van der Waals surface area contributed by atoms with Gasteiger partial charge in [-0.05, 0) is 60.4 Å². The van der Waals surface area contributed by atoms with E-state index in [-0.39, 0.29) is 11.4 Å². The second-order valence-corrected chi connectivity index (χ2v) is 9.69. The van der Waals surface area contributed by atoms with Gasteiger partial charge in [0.1, 0.15) is 11.8 Å². The van der Waals surface area contributed by atoms with Crippen LogP contribution in [0.5, 0.6) is 5.75 Å². The van der Waals surface area contributed by atoms with Crippen molar-refractivity contribution >= 4 is 15.9 Å². The van der Waals surface area contributed by atoms with Gasteiger partial charge in [-0.25, -0.2) is 13.9 Å². The van der Waals surface area contributed by atoms with E-state index in [0.29, 0.717) is 24.3 Å². The number of carbonyl (C=O) groups is 1. The zero-order valence-electron chi connectivity index (χ0n) is 18.1. The SMILES string of the molecule is COc1ccc(S(=O)(=O)N2CCC[C@H](c3cc(-c4ccccc4)ccn3)[C@@H]2C(=O)NO)cc1. The van der Waals surface area contributed by atoms with Crippen molar-refractivity contribution in [2.75, 3.05) is 13.7 Å². The number of aromatic nitrogens is 1. The number of methoxy groups -OCH3 is 1. The Labute approximate surface area is 192 Å². The van der Waals surface area contributed by atoms with Crippen LogP contribution in [0.1, 0.15) is 24.5 Å². The average Bonchev–Trinajstić information content (AvgIpc) is 2.88. The number of carbonyl (C=O) groups excluding carboxylic acids is 1. The van der Waals surface area contributed by atoms with Crippen LogP contribution in [0.15, 0.2) is 77.8 Å². The van der Waals surface area contributed by atoms with Gasteiger partial charge in [0.15, 0.2) is 0 Å². The summed E-state index contributed by atoms with van der Waals surface area (Å²) in [6, 6.07) is 18.3. The van der Waals surface area contributed by atoms with E-state index in [9.17, 15) is 18.4 Å². The predicted octanol–water partition coefficient (Wildman–Crippen LogP) is 3.20. The highest BCUT2D eigenvalue weighted by molar-refractivity contribution is 7.89. The van der Waals surface area contributed by atoms with E-state index in [2.05, 4.69) is 4.98 Å². The van der Waals surface area contributed by atoms with Crippen molar-refractivity contribution in [3.05, 3.63) is 78.6 Å². The third-order valence-electron chi connectivity index (χ3n) is 5.90. The number of sulfonamides is 1. The maximum atomic E-state index is 13.5. The number of piperidine rings is 1.